The predicted molar refractivity (Wildman–Crippen MR) is 70.0 cm³/mol. The van der Waals surface area contributed by atoms with Crippen molar-refractivity contribution in [3.8, 4) is 0 Å². The Morgan fingerprint density at radius 1 is 1.58 bits per heavy atom. The lowest BCUT2D eigenvalue weighted by molar-refractivity contribution is -0.384. The number of anilines is 1. The molecule has 1 rings (SSSR count). The smallest absolute Gasteiger partial charge is 0.310 e. The minimum atomic E-state index is -0.905. The van der Waals surface area contributed by atoms with E-state index in [1.807, 2.05) is 13.8 Å². The molecule has 19 heavy (non-hydrogen) atoms. The van der Waals surface area contributed by atoms with Crippen LogP contribution in [0, 0.1) is 22.0 Å². The Balaban J connectivity index is 2.74. The molecule has 7 heteroatoms. The summed E-state index contributed by atoms with van der Waals surface area (Å²) < 4.78 is 0. The van der Waals surface area contributed by atoms with Crippen LogP contribution in [-0.4, -0.2) is 27.5 Å². The predicted octanol–water partition coefficient (Wildman–Crippen LogP) is 2.15. The van der Waals surface area contributed by atoms with Crippen LogP contribution in [0.2, 0.25) is 0 Å². The van der Waals surface area contributed by atoms with Crippen molar-refractivity contribution < 1.29 is 14.8 Å². The van der Waals surface area contributed by atoms with Crippen LogP contribution in [0.4, 0.5) is 11.4 Å². The second kappa shape index (κ2) is 6.67. The molecular formula is C12H17N3O4. The first-order chi connectivity index (χ1) is 8.91. The van der Waals surface area contributed by atoms with Crippen LogP contribution >= 0.6 is 0 Å². The fourth-order valence-corrected chi connectivity index (χ4v) is 1.75. The highest BCUT2D eigenvalue weighted by molar-refractivity contribution is 5.71. The zero-order valence-electron chi connectivity index (χ0n) is 10.9. The van der Waals surface area contributed by atoms with Gasteiger partial charge in [-0.05, 0) is 18.4 Å². The van der Waals surface area contributed by atoms with Gasteiger partial charge in [0.1, 0.15) is 11.9 Å². The molecular weight excluding hydrogens is 250 g/mol. The van der Waals surface area contributed by atoms with E-state index in [1.54, 1.807) is 0 Å². The van der Waals surface area contributed by atoms with Gasteiger partial charge in [-0.25, -0.2) is 0 Å². The fourth-order valence-electron chi connectivity index (χ4n) is 1.75. The van der Waals surface area contributed by atoms with Gasteiger partial charge in [0.15, 0.2) is 0 Å². The highest BCUT2D eigenvalue weighted by atomic mass is 16.6. The number of nitrogens with zero attached hydrogens (tertiary/aromatic N) is 2. The van der Waals surface area contributed by atoms with Crippen molar-refractivity contribution >= 4 is 17.3 Å². The standard InChI is InChI=1S/C12H17N3O4/c1-8(2)5-9(12(16)17)6-14-10-3-4-13-7-11(10)15(18)19/h3-4,7-9H,5-6H2,1-2H3,(H,13,14)(H,16,17). The molecule has 0 aliphatic carbocycles. The second-order valence-corrected chi connectivity index (χ2v) is 4.70. The van der Waals surface area contributed by atoms with Gasteiger partial charge in [0.2, 0.25) is 0 Å². The third-order valence-electron chi connectivity index (χ3n) is 2.64. The maximum absolute atomic E-state index is 11.1. The molecule has 104 valence electrons. The number of nitro groups is 1. The van der Waals surface area contributed by atoms with Gasteiger partial charge >= 0.3 is 11.7 Å². The number of aliphatic carboxylic acids is 1. The van der Waals surface area contributed by atoms with Gasteiger partial charge in [0.05, 0.1) is 10.8 Å². The first-order valence-electron chi connectivity index (χ1n) is 5.97. The zero-order valence-corrected chi connectivity index (χ0v) is 10.9. The first-order valence-corrected chi connectivity index (χ1v) is 5.97. The molecule has 1 atom stereocenters. The lowest BCUT2D eigenvalue weighted by Crippen LogP contribution is -2.24. The van der Waals surface area contributed by atoms with Gasteiger partial charge in [0.25, 0.3) is 0 Å². The largest absolute Gasteiger partial charge is 0.481 e. The Bertz CT molecular complexity index is 462. The summed E-state index contributed by atoms with van der Waals surface area (Å²) in [7, 11) is 0. The third kappa shape index (κ3) is 4.53. The van der Waals surface area contributed by atoms with Crippen molar-refractivity contribution in [2.75, 3.05) is 11.9 Å². The minimum Gasteiger partial charge on any atom is -0.481 e. The lowest BCUT2D eigenvalue weighted by atomic mass is 9.97. The molecule has 1 aromatic heterocycles. The fraction of sp³-hybridized carbons (Fsp3) is 0.500. The Hall–Kier alpha value is -2.18. The topological polar surface area (TPSA) is 105 Å². The number of rotatable bonds is 7. The normalized spacial score (nSPS) is 12.2. The van der Waals surface area contributed by atoms with E-state index in [1.165, 1.54) is 12.3 Å². The van der Waals surface area contributed by atoms with Crippen molar-refractivity contribution in [2.45, 2.75) is 20.3 Å². The van der Waals surface area contributed by atoms with Crippen LogP contribution in [0.3, 0.4) is 0 Å². The number of nitrogens with one attached hydrogen (secondary N) is 1. The molecule has 2 N–H and O–H groups in total. The minimum absolute atomic E-state index is 0.151. The summed E-state index contributed by atoms with van der Waals surface area (Å²) in [6, 6.07) is 1.46. The first kappa shape index (κ1) is 14.9. The summed E-state index contributed by atoms with van der Waals surface area (Å²) in [6.45, 7) is 4.02. The zero-order chi connectivity index (χ0) is 14.4. The van der Waals surface area contributed by atoms with E-state index in [-0.39, 0.29) is 23.8 Å². The van der Waals surface area contributed by atoms with E-state index in [9.17, 15) is 14.9 Å². The van der Waals surface area contributed by atoms with E-state index >= 15 is 0 Å². The van der Waals surface area contributed by atoms with Crippen molar-refractivity contribution in [1.82, 2.24) is 4.98 Å². The van der Waals surface area contributed by atoms with Gasteiger partial charge in [-0.15, -0.1) is 0 Å². The summed E-state index contributed by atoms with van der Waals surface area (Å²) >= 11 is 0. The molecule has 0 saturated carbocycles. The highest BCUT2D eigenvalue weighted by Crippen LogP contribution is 2.23. The molecule has 0 aliphatic heterocycles. The molecule has 0 amide bonds. The lowest BCUT2D eigenvalue weighted by Gasteiger charge is -2.15. The van der Waals surface area contributed by atoms with Crippen LogP contribution in [0.5, 0.6) is 0 Å². The number of hydrogen-bond donors (Lipinski definition) is 2. The molecule has 0 fully saturated rings. The molecule has 0 bridgehead atoms. The van der Waals surface area contributed by atoms with E-state index in [0.717, 1.165) is 6.20 Å². The number of hydrogen-bond acceptors (Lipinski definition) is 5. The molecule has 7 nitrogen and oxygen atoms in total. The van der Waals surface area contributed by atoms with Crippen LogP contribution in [0.25, 0.3) is 0 Å². The van der Waals surface area contributed by atoms with Crippen molar-refractivity contribution in [3.63, 3.8) is 0 Å². The van der Waals surface area contributed by atoms with Crippen LogP contribution in [0.1, 0.15) is 20.3 Å². The average Bonchev–Trinajstić information content (AvgIpc) is 2.34. The summed E-state index contributed by atoms with van der Waals surface area (Å²) in [5.74, 6) is -1.24. The summed E-state index contributed by atoms with van der Waals surface area (Å²) in [5, 5.41) is 22.7. The molecule has 1 unspecified atom stereocenters. The van der Waals surface area contributed by atoms with Crippen molar-refractivity contribution in [1.29, 1.82) is 0 Å². The Kier molecular flexibility index (Phi) is 5.23. The maximum Gasteiger partial charge on any atom is 0.310 e. The van der Waals surface area contributed by atoms with E-state index in [2.05, 4.69) is 10.3 Å². The number of carboxylic acid groups (broad SMARTS) is 1. The SMILES string of the molecule is CC(C)CC(CNc1ccncc1[N+](=O)[O-])C(=O)O. The van der Waals surface area contributed by atoms with Gasteiger partial charge in [-0.1, -0.05) is 13.8 Å². The Labute approximate surface area is 110 Å². The summed E-state index contributed by atoms with van der Waals surface area (Å²) in [5.41, 5.74) is 0.131. The van der Waals surface area contributed by atoms with Gasteiger partial charge < -0.3 is 10.4 Å². The van der Waals surface area contributed by atoms with Crippen LogP contribution in [0.15, 0.2) is 18.5 Å². The number of carbonyl (C=O) groups is 1. The monoisotopic (exact) mass is 267 g/mol. The van der Waals surface area contributed by atoms with E-state index < -0.39 is 16.8 Å². The molecule has 0 radical (unpaired) electrons. The summed E-state index contributed by atoms with van der Waals surface area (Å²) in [4.78, 5) is 25.0. The molecule has 1 aromatic rings. The van der Waals surface area contributed by atoms with Crippen molar-refractivity contribution in [3.05, 3.63) is 28.6 Å². The Morgan fingerprint density at radius 3 is 2.79 bits per heavy atom. The Morgan fingerprint density at radius 2 is 2.26 bits per heavy atom. The highest BCUT2D eigenvalue weighted by Gasteiger charge is 2.20. The molecule has 1 heterocycles. The third-order valence-corrected chi connectivity index (χ3v) is 2.64. The summed E-state index contributed by atoms with van der Waals surface area (Å²) in [6.07, 6.45) is 3.08. The van der Waals surface area contributed by atoms with Gasteiger partial charge in [-0.3, -0.25) is 19.9 Å². The van der Waals surface area contributed by atoms with Crippen molar-refractivity contribution in [2.24, 2.45) is 11.8 Å². The van der Waals surface area contributed by atoms with E-state index in [4.69, 9.17) is 5.11 Å². The number of aromatic nitrogens is 1. The molecule has 0 saturated heterocycles. The van der Waals surface area contributed by atoms with Crippen LogP contribution < -0.4 is 5.32 Å². The number of carboxylic acids is 1. The molecule has 0 spiro atoms. The quantitative estimate of drug-likeness (QED) is 0.579. The van der Waals surface area contributed by atoms with Crippen LogP contribution in [-0.2, 0) is 4.79 Å². The molecule has 0 aromatic carbocycles. The van der Waals surface area contributed by atoms with Gasteiger partial charge in [0, 0.05) is 12.7 Å². The van der Waals surface area contributed by atoms with E-state index in [0.29, 0.717) is 6.42 Å². The maximum atomic E-state index is 11.1. The second-order valence-electron chi connectivity index (χ2n) is 4.70. The number of pyridine rings is 1. The molecule has 0 aliphatic rings. The van der Waals surface area contributed by atoms with Gasteiger partial charge in [-0.2, -0.15) is 0 Å². The average molecular weight is 267 g/mol.